The number of halogens is 3. The zero-order chi connectivity index (χ0) is 24.7. The maximum absolute atomic E-state index is 14.0. The third kappa shape index (κ3) is 4.57. The number of aliphatic hydroxyl groups excluding tert-OH is 1. The Kier molecular flexibility index (Phi) is 6.13. The molecule has 3 atom stereocenters. The van der Waals surface area contributed by atoms with Gasteiger partial charge in [0.25, 0.3) is 5.56 Å². The van der Waals surface area contributed by atoms with Crippen LogP contribution < -0.4 is 20.7 Å². The number of carbonyl (C=O) groups is 1. The number of aromatic nitrogens is 3. The van der Waals surface area contributed by atoms with E-state index >= 15 is 0 Å². The van der Waals surface area contributed by atoms with E-state index in [2.05, 4.69) is 15.3 Å². The van der Waals surface area contributed by atoms with Gasteiger partial charge in [-0.3, -0.25) is 14.2 Å². The van der Waals surface area contributed by atoms with E-state index in [0.717, 1.165) is 11.3 Å². The number of morpholine rings is 1. The quantitative estimate of drug-likeness (QED) is 0.546. The van der Waals surface area contributed by atoms with E-state index in [9.17, 15) is 22.8 Å². The minimum atomic E-state index is -4.61. The van der Waals surface area contributed by atoms with Crippen molar-refractivity contribution >= 4 is 23.4 Å². The van der Waals surface area contributed by atoms with E-state index < -0.39 is 30.1 Å². The lowest BCUT2D eigenvalue weighted by Crippen LogP contribution is -2.54. The first-order valence-electron chi connectivity index (χ1n) is 11.4. The number of alkyl halides is 3. The Morgan fingerprint density at radius 1 is 1.31 bits per heavy atom. The second kappa shape index (κ2) is 9.11. The summed E-state index contributed by atoms with van der Waals surface area (Å²) in [6, 6.07) is 2.39. The number of aliphatic hydroxyl groups is 1. The summed E-state index contributed by atoms with van der Waals surface area (Å²) in [5, 5.41) is 11.7. The Morgan fingerprint density at radius 2 is 2.14 bits per heavy atom. The molecule has 2 saturated heterocycles. The minimum absolute atomic E-state index is 0.0172. The number of hydrogen-bond donors (Lipinski definition) is 2. The Hall–Kier alpha value is -3.19. The van der Waals surface area contributed by atoms with Crippen LogP contribution in [0, 0.1) is 0 Å². The van der Waals surface area contributed by atoms with Crippen LogP contribution in [0.5, 0.6) is 0 Å². The normalized spacial score (nSPS) is 23.5. The predicted molar refractivity (Wildman–Crippen MR) is 120 cm³/mol. The van der Waals surface area contributed by atoms with Crippen molar-refractivity contribution < 1.29 is 27.8 Å². The highest BCUT2D eigenvalue weighted by molar-refractivity contribution is 5.99. The van der Waals surface area contributed by atoms with Crippen molar-refractivity contribution in [1.29, 1.82) is 0 Å². The first kappa shape index (κ1) is 23.5. The first-order chi connectivity index (χ1) is 16.7. The summed E-state index contributed by atoms with van der Waals surface area (Å²) in [6.45, 7) is 0.415. The van der Waals surface area contributed by atoms with E-state index in [1.807, 2.05) is 4.90 Å². The second-order valence-corrected chi connectivity index (χ2v) is 8.88. The van der Waals surface area contributed by atoms with Gasteiger partial charge in [-0.2, -0.15) is 18.2 Å². The third-order valence-corrected chi connectivity index (χ3v) is 6.62. The van der Waals surface area contributed by atoms with E-state index in [0.29, 0.717) is 24.8 Å². The third-order valence-electron chi connectivity index (χ3n) is 6.62. The topological polar surface area (TPSA) is 113 Å². The molecule has 0 aliphatic carbocycles. The number of ether oxygens (including phenoxy) is 1. The number of Topliss-reactive ketones (excluding diaryl/α,β-unsaturated/α-hetero) is 1. The van der Waals surface area contributed by atoms with Crippen LogP contribution in [0.3, 0.4) is 0 Å². The van der Waals surface area contributed by atoms with Gasteiger partial charge in [-0.25, -0.2) is 4.98 Å². The molecule has 3 aliphatic rings. The number of hydrogen-bond acceptors (Lipinski definition) is 9. The summed E-state index contributed by atoms with van der Waals surface area (Å²) in [5.41, 5.74) is -0.321. The van der Waals surface area contributed by atoms with Gasteiger partial charge in [0, 0.05) is 37.5 Å². The van der Waals surface area contributed by atoms with E-state index in [1.54, 1.807) is 0 Å². The van der Waals surface area contributed by atoms with Crippen LogP contribution in [-0.4, -0.2) is 82.6 Å². The lowest BCUT2D eigenvalue weighted by molar-refractivity contribution is -0.152. The zero-order valence-corrected chi connectivity index (χ0v) is 18.7. The average Bonchev–Trinajstić information content (AvgIpc) is 3.46. The van der Waals surface area contributed by atoms with Crippen molar-refractivity contribution in [3.63, 3.8) is 0 Å². The summed E-state index contributed by atoms with van der Waals surface area (Å²) in [6.07, 6.45) is -2.91. The largest absolute Gasteiger partial charge is 0.408 e. The highest BCUT2D eigenvalue weighted by Crippen LogP contribution is 2.36. The molecule has 5 heterocycles. The molecule has 0 unspecified atom stereocenters. The van der Waals surface area contributed by atoms with Crippen LogP contribution in [0.15, 0.2) is 29.2 Å². The molecule has 5 rings (SSSR count). The number of carbonyl (C=O) groups excluding carboxylic acids is 1. The van der Waals surface area contributed by atoms with Crippen molar-refractivity contribution in [1.82, 2.24) is 14.5 Å². The lowest BCUT2D eigenvalue weighted by atomic mass is 10.1. The fourth-order valence-electron chi connectivity index (χ4n) is 4.90. The fraction of sp³-hybridized carbons (Fsp3) is 0.545. The number of anilines is 3. The van der Waals surface area contributed by atoms with Crippen LogP contribution in [0.1, 0.15) is 23.2 Å². The van der Waals surface area contributed by atoms with Gasteiger partial charge < -0.3 is 25.0 Å². The molecule has 0 saturated carbocycles. The van der Waals surface area contributed by atoms with Gasteiger partial charge >= 0.3 is 6.18 Å². The maximum Gasteiger partial charge on any atom is 0.408 e. The summed E-state index contributed by atoms with van der Waals surface area (Å²) in [5.74, 6) is -0.0124. The minimum Gasteiger partial charge on any atom is -0.395 e. The van der Waals surface area contributed by atoms with Gasteiger partial charge in [-0.1, -0.05) is 0 Å². The van der Waals surface area contributed by atoms with Crippen LogP contribution in [0.4, 0.5) is 30.8 Å². The van der Waals surface area contributed by atoms with Crippen LogP contribution in [0.2, 0.25) is 0 Å². The smallest absolute Gasteiger partial charge is 0.395 e. The summed E-state index contributed by atoms with van der Waals surface area (Å²) in [7, 11) is 0. The van der Waals surface area contributed by atoms with Gasteiger partial charge in [0.1, 0.15) is 17.7 Å². The average molecular weight is 494 g/mol. The molecule has 13 heteroatoms. The van der Waals surface area contributed by atoms with Crippen LogP contribution in [0.25, 0.3) is 0 Å². The summed E-state index contributed by atoms with van der Waals surface area (Å²) < 4.78 is 48.8. The number of ketones is 1. The molecule has 2 aromatic rings. The predicted octanol–water partition coefficient (Wildman–Crippen LogP) is 1.04. The molecule has 2 bridgehead atoms. The number of rotatable bonds is 7. The molecule has 35 heavy (non-hydrogen) atoms. The molecular formula is C22H25F3N6O4. The molecule has 3 aliphatic heterocycles. The van der Waals surface area contributed by atoms with E-state index in [4.69, 9.17) is 9.84 Å². The number of nitrogens with one attached hydrogen (secondary N) is 1. The highest BCUT2D eigenvalue weighted by Gasteiger charge is 2.48. The Balaban J connectivity index is 1.46. The fourth-order valence-corrected chi connectivity index (χ4v) is 4.90. The molecule has 2 N–H and O–H groups in total. The SMILES string of the molecule is O=C(CN1c2nc(N3C[C@H]4C[C@H]3CO4)cc(=O)n2CC[C@H]1C(F)(F)F)c1ccc(NCCO)nc1. The molecule has 188 valence electrons. The molecular weight excluding hydrogens is 469 g/mol. The molecule has 0 aromatic carbocycles. The molecule has 0 spiro atoms. The summed E-state index contributed by atoms with van der Waals surface area (Å²) in [4.78, 5) is 37.2. The molecule has 2 aromatic heterocycles. The number of nitrogens with zero attached hydrogens (tertiary/aromatic N) is 5. The highest BCUT2D eigenvalue weighted by atomic mass is 19.4. The number of pyridine rings is 1. The van der Waals surface area contributed by atoms with Crippen molar-refractivity contribution in [3.8, 4) is 0 Å². The standard InChI is InChI=1S/C22H25F3N6O4/c23-22(24,25)17-3-5-29-20(34)8-19(30-10-15-7-14(30)12-35-15)28-21(29)31(17)11-16(33)13-1-2-18(27-9-13)26-4-6-32/h1-2,8-9,14-15,17,32H,3-7,10-12H2,(H,26,27)/t14-,15+,17-/m0/s1. The molecule has 0 radical (unpaired) electrons. The van der Waals surface area contributed by atoms with Gasteiger partial charge in [-0.05, 0) is 25.0 Å². The Bertz CT molecular complexity index is 1160. The first-order valence-corrected chi connectivity index (χ1v) is 11.4. The van der Waals surface area contributed by atoms with Crippen molar-refractivity contribution in [3.05, 3.63) is 40.3 Å². The van der Waals surface area contributed by atoms with Crippen LogP contribution >= 0.6 is 0 Å². The van der Waals surface area contributed by atoms with Gasteiger partial charge in [0.05, 0.1) is 31.9 Å². The molecule has 0 amide bonds. The zero-order valence-electron chi connectivity index (χ0n) is 18.7. The van der Waals surface area contributed by atoms with Gasteiger partial charge in [0.15, 0.2) is 5.78 Å². The van der Waals surface area contributed by atoms with Crippen molar-refractivity contribution in [2.75, 3.05) is 48.0 Å². The monoisotopic (exact) mass is 494 g/mol. The van der Waals surface area contributed by atoms with Crippen molar-refractivity contribution in [2.24, 2.45) is 0 Å². The van der Waals surface area contributed by atoms with Crippen LogP contribution in [-0.2, 0) is 11.3 Å². The van der Waals surface area contributed by atoms with Crippen molar-refractivity contribution in [2.45, 2.75) is 43.8 Å². The summed E-state index contributed by atoms with van der Waals surface area (Å²) >= 11 is 0. The Morgan fingerprint density at radius 3 is 2.77 bits per heavy atom. The molecule has 2 fully saturated rings. The Labute approximate surface area is 198 Å². The van der Waals surface area contributed by atoms with Gasteiger partial charge in [0.2, 0.25) is 5.95 Å². The number of fused-ring (bicyclic) bond motifs is 3. The van der Waals surface area contributed by atoms with E-state index in [-0.39, 0.29) is 49.8 Å². The second-order valence-electron chi connectivity index (χ2n) is 8.88. The van der Waals surface area contributed by atoms with Gasteiger partial charge in [-0.15, -0.1) is 0 Å². The lowest BCUT2D eigenvalue weighted by Gasteiger charge is -2.39. The maximum atomic E-state index is 14.0. The molecule has 10 nitrogen and oxygen atoms in total. The van der Waals surface area contributed by atoms with E-state index in [1.165, 1.54) is 29.0 Å².